The molecule has 0 bridgehead atoms. The molecule has 1 fully saturated rings. The Hall–Kier alpha value is -1.14. The van der Waals surface area contributed by atoms with Crippen molar-refractivity contribution in [2.45, 2.75) is 51.0 Å². The molecule has 0 aliphatic heterocycles. The van der Waals surface area contributed by atoms with E-state index < -0.39 is 10.0 Å². The molecule has 5 nitrogen and oxygen atoms in total. The summed E-state index contributed by atoms with van der Waals surface area (Å²) in [6.07, 6.45) is 4.54. The van der Waals surface area contributed by atoms with Crippen molar-refractivity contribution in [2.24, 2.45) is 11.8 Å². The highest BCUT2D eigenvalue weighted by Gasteiger charge is 2.34. The van der Waals surface area contributed by atoms with Crippen LogP contribution >= 0.6 is 0 Å². The van der Waals surface area contributed by atoms with Gasteiger partial charge in [-0.3, -0.25) is 0 Å². The van der Waals surface area contributed by atoms with Gasteiger partial charge in [0.15, 0.2) is 0 Å². The number of hydrogen-bond acceptors (Lipinski definition) is 4. The Morgan fingerprint density at radius 3 is 2.57 bits per heavy atom. The molecule has 1 heterocycles. The van der Waals surface area contributed by atoms with Crippen molar-refractivity contribution in [1.82, 2.24) is 9.71 Å². The lowest BCUT2D eigenvalue weighted by Gasteiger charge is -2.20. The fourth-order valence-electron chi connectivity index (χ4n) is 3.08. The number of sulfonamides is 1. The average molecular weight is 311 g/mol. The van der Waals surface area contributed by atoms with E-state index in [0.717, 1.165) is 25.8 Å². The SMILES string of the molecule is CCNc1ccc(S(=O)(=O)NC2CCC(CC)C2C)cn1. The van der Waals surface area contributed by atoms with Crippen LogP contribution in [0.4, 0.5) is 5.82 Å². The van der Waals surface area contributed by atoms with Gasteiger partial charge in [-0.05, 0) is 43.7 Å². The Morgan fingerprint density at radius 2 is 2.05 bits per heavy atom. The van der Waals surface area contributed by atoms with Crippen LogP contribution in [-0.2, 0) is 10.0 Å². The van der Waals surface area contributed by atoms with E-state index in [-0.39, 0.29) is 10.9 Å². The Bertz CT molecular complexity index is 557. The van der Waals surface area contributed by atoms with Crippen LogP contribution in [-0.4, -0.2) is 26.0 Å². The van der Waals surface area contributed by atoms with Gasteiger partial charge in [0.2, 0.25) is 10.0 Å². The quantitative estimate of drug-likeness (QED) is 0.847. The maximum absolute atomic E-state index is 12.4. The largest absolute Gasteiger partial charge is 0.370 e. The van der Waals surface area contributed by atoms with Crippen LogP contribution in [0.15, 0.2) is 23.2 Å². The van der Waals surface area contributed by atoms with E-state index in [2.05, 4.69) is 28.9 Å². The molecular formula is C15H25N3O2S. The van der Waals surface area contributed by atoms with Gasteiger partial charge in [-0.25, -0.2) is 18.1 Å². The lowest BCUT2D eigenvalue weighted by molar-refractivity contribution is 0.368. The molecule has 0 amide bonds. The van der Waals surface area contributed by atoms with E-state index in [9.17, 15) is 8.42 Å². The Morgan fingerprint density at radius 1 is 1.29 bits per heavy atom. The normalized spacial score (nSPS) is 26.0. The number of nitrogens with zero attached hydrogens (tertiary/aromatic N) is 1. The molecule has 3 unspecified atom stereocenters. The summed E-state index contributed by atoms with van der Waals surface area (Å²) in [5.41, 5.74) is 0. The number of hydrogen-bond donors (Lipinski definition) is 2. The summed E-state index contributed by atoms with van der Waals surface area (Å²) in [5, 5.41) is 3.05. The fraction of sp³-hybridized carbons (Fsp3) is 0.667. The third kappa shape index (κ3) is 3.74. The summed E-state index contributed by atoms with van der Waals surface area (Å²) in [6, 6.07) is 3.34. The second-order valence-electron chi connectivity index (χ2n) is 5.74. The minimum Gasteiger partial charge on any atom is -0.370 e. The first-order valence-electron chi connectivity index (χ1n) is 7.70. The van der Waals surface area contributed by atoms with Gasteiger partial charge in [-0.2, -0.15) is 0 Å². The first-order chi connectivity index (χ1) is 9.97. The van der Waals surface area contributed by atoms with E-state index >= 15 is 0 Å². The molecule has 1 aromatic rings. The topological polar surface area (TPSA) is 71.1 Å². The van der Waals surface area contributed by atoms with Crippen LogP contribution < -0.4 is 10.0 Å². The van der Waals surface area contributed by atoms with Crippen molar-refractivity contribution in [2.75, 3.05) is 11.9 Å². The second kappa shape index (κ2) is 6.75. The van der Waals surface area contributed by atoms with E-state index in [1.807, 2.05) is 6.92 Å². The van der Waals surface area contributed by atoms with Crippen molar-refractivity contribution >= 4 is 15.8 Å². The summed E-state index contributed by atoms with van der Waals surface area (Å²) >= 11 is 0. The summed E-state index contributed by atoms with van der Waals surface area (Å²) in [6.45, 7) is 7.04. The maximum Gasteiger partial charge on any atom is 0.242 e. The molecule has 1 aliphatic carbocycles. The predicted octanol–water partition coefficient (Wildman–Crippen LogP) is 2.62. The molecular weight excluding hydrogens is 286 g/mol. The van der Waals surface area contributed by atoms with Gasteiger partial charge in [0.1, 0.15) is 10.7 Å². The minimum atomic E-state index is -3.48. The summed E-state index contributed by atoms with van der Waals surface area (Å²) in [4.78, 5) is 4.36. The van der Waals surface area contributed by atoms with Crippen LogP contribution in [0.25, 0.3) is 0 Å². The minimum absolute atomic E-state index is 0.0355. The van der Waals surface area contributed by atoms with Crippen LogP contribution in [0.2, 0.25) is 0 Å². The number of pyridine rings is 1. The fourth-order valence-corrected chi connectivity index (χ4v) is 4.39. The van der Waals surface area contributed by atoms with Gasteiger partial charge in [-0.15, -0.1) is 0 Å². The summed E-state index contributed by atoms with van der Waals surface area (Å²) < 4.78 is 27.7. The van der Waals surface area contributed by atoms with Gasteiger partial charge in [0, 0.05) is 18.8 Å². The van der Waals surface area contributed by atoms with Crippen molar-refractivity contribution in [3.05, 3.63) is 18.3 Å². The first-order valence-corrected chi connectivity index (χ1v) is 9.18. The standard InChI is InChI=1S/C15H25N3O2S/c1-4-12-6-8-14(11(12)3)18-21(19,20)13-7-9-15(16-5-2)17-10-13/h7,9-12,14,18H,4-6,8H2,1-3H3,(H,16,17). The number of nitrogens with one attached hydrogen (secondary N) is 2. The van der Waals surface area contributed by atoms with Gasteiger partial charge < -0.3 is 5.32 Å². The number of anilines is 1. The molecule has 21 heavy (non-hydrogen) atoms. The van der Waals surface area contributed by atoms with E-state index in [1.165, 1.54) is 6.20 Å². The lowest BCUT2D eigenvalue weighted by Crippen LogP contribution is -2.37. The van der Waals surface area contributed by atoms with Crippen molar-refractivity contribution in [3.63, 3.8) is 0 Å². The van der Waals surface area contributed by atoms with E-state index in [4.69, 9.17) is 0 Å². The molecule has 2 rings (SSSR count). The Labute approximate surface area is 127 Å². The molecule has 6 heteroatoms. The van der Waals surface area contributed by atoms with Crippen molar-refractivity contribution in [1.29, 1.82) is 0 Å². The maximum atomic E-state index is 12.4. The smallest absolute Gasteiger partial charge is 0.242 e. The zero-order chi connectivity index (χ0) is 15.5. The average Bonchev–Trinajstić information content (AvgIpc) is 2.80. The van der Waals surface area contributed by atoms with Crippen LogP contribution in [0.5, 0.6) is 0 Å². The van der Waals surface area contributed by atoms with E-state index in [0.29, 0.717) is 17.7 Å². The Balaban J connectivity index is 2.08. The molecule has 0 aromatic carbocycles. The Kier molecular flexibility index (Phi) is 5.22. The van der Waals surface area contributed by atoms with Crippen LogP contribution in [0.3, 0.4) is 0 Å². The highest BCUT2D eigenvalue weighted by atomic mass is 32.2. The van der Waals surface area contributed by atoms with Crippen molar-refractivity contribution < 1.29 is 8.42 Å². The molecule has 0 spiro atoms. The summed E-state index contributed by atoms with van der Waals surface area (Å²) in [5.74, 6) is 1.70. The van der Waals surface area contributed by atoms with Gasteiger partial charge in [0.25, 0.3) is 0 Å². The van der Waals surface area contributed by atoms with Crippen molar-refractivity contribution in [3.8, 4) is 0 Å². The van der Waals surface area contributed by atoms with Gasteiger partial charge in [-0.1, -0.05) is 20.3 Å². The molecule has 1 aliphatic rings. The first kappa shape index (κ1) is 16.2. The van der Waals surface area contributed by atoms with Gasteiger partial charge >= 0.3 is 0 Å². The lowest BCUT2D eigenvalue weighted by atomic mass is 9.94. The molecule has 118 valence electrons. The third-order valence-corrected chi connectivity index (χ3v) is 5.94. The molecule has 0 saturated heterocycles. The molecule has 1 saturated carbocycles. The van der Waals surface area contributed by atoms with E-state index in [1.54, 1.807) is 12.1 Å². The highest BCUT2D eigenvalue weighted by molar-refractivity contribution is 7.89. The third-order valence-electron chi connectivity index (χ3n) is 4.46. The van der Waals surface area contributed by atoms with Crippen LogP contribution in [0.1, 0.15) is 40.0 Å². The highest BCUT2D eigenvalue weighted by Crippen LogP contribution is 2.34. The molecule has 3 atom stereocenters. The molecule has 1 aromatic heterocycles. The zero-order valence-electron chi connectivity index (χ0n) is 13.0. The second-order valence-corrected chi connectivity index (χ2v) is 7.46. The number of rotatable bonds is 6. The number of aromatic nitrogens is 1. The zero-order valence-corrected chi connectivity index (χ0v) is 13.8. The van der Waals surface area contributed by atoms with Crippen LogP contribution in [0, 0.1) is 11.8 Å². The monoisotopic (exact) mass is 311 g/mol. The molecule has 2 N–H and O–H groups in total. The van der Waals surface area contributed by atoms with Gasteiger partial charge in [0.05, 0.1) is 0 Å². The predicted molar refractivity (Wildman–Crippen MR) is 84.7 cm³/mol. The molecule has 0 radical (unpaired) electrons. The summed E-state index contributed by atoms with van der Waals surface area (Å²) in [7, 11) is -3.48.